The van der Waals surface area contributed by atoms with Gasteiger partial charge in [-0.3, -0.25) is 0 Å². The molecule has 0 heterocycles. The van der Waals surface area contributed by atoms with Crippen molar-refractivity contribution in [3.05, 3.63) is 0 Å². The lowest BCUT2D eigenvalue weighted by atomic mass is 9.68. The Labute approximate surface area is 211 Å². The molecule has 0 saturated heterocycles. The quantitative estimate of drug-likeness (QED) is 0.149. The molecule has 0 spiro atoms. The summed E-state index contributed by atoms with van der Waals surface area (Å²) in [5.74, 6) is 5.98. The summed E-state index contributed by atoms with van der Waals surface area (Å²) < 4.78 is 0. The van der Waals surface area contributed by atoms with E-state index < -0.39 is 0 Å². The molecule has 0 heteroatoms. The van der Waals surface area contributed by atoms with E-state index in [-0.39, 0.29) is 0 Å². The number of hydrogen-bond acceptors (Lipinski definition) is 0. The van der Waals surface area contributed by atoms with E-state index in [0.717, 1.165) is 35.5 Å². The van der Waals surface area contributed by atoms with Crippen molar-refractivity contribution in [3.8, 4) is 0 Å². The average Bonchev–Trinajstić information content (AvgIpc) is 2.80. The standard InChI is InChI=1S/C33H66/c1-7-10-14-21-30(22-16-13-11-12-15-19-28(4)5)26-31-24-25-32(9-3)33(27-31)23-18-17-20-29(6)8-2/h28-33H,7-27H2,1-6H3. The molecule has 1 fully saturated rings. The van der Waals surface area contributed by atoms with Crippen molar-refractivity contribution in [1.29, 1.82) is 0 Å². The number of unbranched alkanes of at least 4 members (excludes halogenated alkanes) is 7. The van der Waals surface area contributed by atoms with Gasteiger partial charge in [0.2, 0.25) is 0 Å². The SMILES string of the molecule is CCCCCC(CCCCCCCC(C)C)CC1CCC(CC)C(CCCCC(C)CC)C1. The maximum atomic E-state index is 2.46. The summed E-state index contributed by atoms with van der Waals surface area (Å²) in [4.78, 5) is 0. The molecular weight excluding hydrogens is 396 g/mol. The van der Waals surface area contributed by atoms with Crippen molar-refractivity contribution in [1.82, 2.24) is 0 Å². The predicted molar refractivity (Wildman–Crippen MR) is 152 cm³/mol. The minimum atomic E-state index is 0.888. The molecule has 1 rings (SSSR count). The molecule has 0 nitrogen and oxygen atoms in total. The first-order chi connectivity index (χ1) is 16.0. The Hall–Kier alpha value is 0. The van der Waals surface area contributed by atoms with Crippen LogP contribution >= 0.6 is 0 Å². The van der Waals surface area contributed by atoms with Crippen LogP contribution in [0.25, 0.3) is 0 Å². The molecule has 1 aliphatic rings. The van der Waals surface area contributed by atoms with E-state index in [1.54, 1.807) is 19.3 Å². The fourth-order valence-electron chi connectivity index (χ4n) is 6.68. The van der Waals surface area contributed by atoms with Gasteiger partial charge in [0.1, 0.15) is 0 Å². The van der Waals surface area contributed by atoms with Crippen LogP contribution in [-0.2, 0) is 0 Å². The Kier molecular flexibility index (Phi) is 19.0. The van der Waals surface area contributed by atoms with E-state index in [2.05, 4.69) is 41.5 Å². The van der Waals surface area contributed by atoms with E-state index in [9.17, 15) is 0 Å². The summed E-state index contributed by atoms with van der Waals surface area (Å²) in [6, 6.07) is 0. The highest BCUT2D eigenvalue weighted by Gasteiger charge is 2.30. The molecule has 0 aromatic rings. The van der Waals surface area contributed by atoms with Crippen LogP contribution in [0.1, 0.15) is 176 Å². The minimum Gasteiger partial charge on any atom is -0.0654 e. The van der Waals surface area contributed by atoms with Crippen molar-refractivity contribution >= 4 is 0 Å². The van der Waals surface area contributed by atoms with Crippen molar-refractivity contribution in [3.63, 3.8) is 0 Å². The summed E-state index contributed by atoms with van der Waals surface area (Å²) in [5.41, 5.74) is 0. The predicted octanol–water partition coefficient (Wildman–Crippen LogP) is 12.0. The lowest BCUT2D eigenvalue weighted by Crippen LogP contribution is -2.26. The third-order valence-corrected chi connectivity index (χ3v) is 9.27. The molecule has 0 aromatic heterocycles. The second kappa shape index (κ2) is 20.2. The van der Waals surface area contributed by atoms with Gasteiger partial charge in [-0.2, -0.15) is 0 Å². The number of hydrogen-bond donors (Lipinski definition) is 0. The first-order valence-electron chi connectivity index (χ1n) is 16.0. The van der Waals surface area contributed by atoms with Crippen LogP contribution < -0.4 is 0 Å². The van der Waals surface area contributed by atoms with Gasteiger partial charge in [-0.25, -0.2) is 0 Å². The van der Waals surface area contributed by atoms with Gasteiger partial charge in [-0.05, 0) is 54.8 Å². The molecule has 198 valence electrons. The van der Waals surface area contributed by atoms with Crippen molar-refractivity contribution < 1.29 is 0 Å². The van der Waals surface area contributed by atoms with Gasteiger partial charge in [0.15, 0.2) is 0 Å². The number of rotatable bonds is 21. The zero-order valence-electron chi connectivity index (χ0n) is 24.3. The van der Waals surface area contributed by atoms with E-state index in [1.165, 1.54) is 116 Å². The molecule has 5 unspecified atom stereocenters. The molecular formula is C33H66. The molecule has 1 saturated carbocycles. The van der Waals surface area contributed by atoms with Crippen LogP contribution in [0.15, 0.2) is 0 Å². The first-order valence-corrected chi connectivity index (χ1v) is 16.0. The Morgan fingerprint density at radius 1 is 0.636 bits per heavy atom. The average molecular weight is 463 g/mol. The monoisotopic (exact) mass is 463 g/mol. The van der Waals surface area contributed by atoms with E-state index in [1.807, 2.05) is 0 Å². The molecule has 0 bridgehead atoms. The smallest absolute Gasteiger partial charge is 0.0383 e. The first kappa shape index (κ1) is 31.0. The van der Waals surface area contributed by atoms with E-state index in [0.29, 0.717) is 0 Å². The summed E-state index contributed by atoms with van der Waals surface area (Å²) in [6.07, 6.45) is 31.2. The fourth-order valence-corrected chi connectivity index (χ4v) is 6.68. The van der Waals surface area contributed by atoms with Crippen LogP contribution in [0.5, 0.6) is 0 Å². The van der Waals surface area contributed by atoms with Crippen LogP contribution in [0.4, 0.5) is 0 Å². The Balaban J connectivity index is 2.41. The zero-order valence-corrected chi connectivity index (χ0v) is 24.3. The molecule has 0 aromatic carbocycles. The van der Waals surface area contributed by atoms with Gasteiger partial charge in [-0.15, -0.1) is 0 Å². The Morgan fingerprint density at radius 2 is 1.27 bits per heavy atom. The topological polar surface area (TPSA) is 0 Å². The second-order valence-corrected chi connectivity index (χ2v) is 12.7. The zero-order chi connectivity index (χ0) is 24.3. The maximum Gasteiger partial charge on any atom is -0.0383 e. The molecule has 0 aliphatic heterocycles. The normalized spacial score (nSPS) is 23.2. The maximum absolute atomic E-state index is 2.46. The van der Waals surface area contributed by atoms with Gasteiger partial charge in [0, 0.05) is 0 Å². The summed E-state index contributed by atoms with van der Waals surface area (Å²) in [7, 11) is 0. The van der Waals surface area contributed by atoms with Crippen molar-refractivity contribution in [2.24, 2.45) is 35.5 Å². The minimum absolute atomic E-state index is 0.888. The summed E-state index contributed by atoms with van der Waals surface area (Å²) >= 11 is 0. The highest BCUT2D eigenvalue weighted by Crippen LogP contribution is 2.42. The highest BCUT2D eigenvalue weighted by molar-refractivity contribution is 4.81. The van der Waals surface area contributed by atoms with E-state index in [4.69, 9.17) is 0 Å². The summed E-state index contributed by atoms with van der Waals surface area (Å²) in [6.45, 7) is 14.4. The van der Waals surface area contributed by atoms with Gasteiger partial charge in [-0.1, -0.05) is 157 Å². The summed E-state index contributed by atoms with van der Waals surface area (Å²) in [5, 5.41) is 0. The van der Waals surface area contributed by atoms with Crippen LogP contribution in [-0.4, -0.2) is 0 Å². The largest absolute Gasteiger partial charge is 0.0654 e. The van der Waals surface area contributed by atoms with Gasteiger partial charge in [0.25, 0.3) is 0 Å². The van der Waals surface area contributed by atoms with Gasteiger partial charge < -0.3 is 0 Å². The van der Waals surface area contributed by atoms with Gasteiger partial charge in [0.05, 0.1) is 0 Å². The second-order valence-electron chi connectivity index (χ2n) is 12.7. The molecule has 0 N–H and O–H groups in total. The molecule has 1 aliphatic carbocycles. The van der Waals surface area contributed by atoms with Crippen LogP contribution in [0, 0.1) is 35.5 Å². The third kappa shape index (κ3) is 15.6. The molecule has 0 amide bonds. The molecule has 33 heavy (non-hydrogen) atoms. The van der Waals surface area contributed by atoms with Crippen molar-refractivity contribution in [2.45, 2.75) is 176 Å². The fraction of sp³-hybridized carbons (Fsp3) is 1.00. The van der Waals surface area contributed by atoms with E-state index >= 15 is 0 Å². The van der Waals surface area contributed by atoms with Crippen molar-refractivity contribution in [2.75, 3.05) is 0 Å². The Morgan fingerprint density at radius 3 is 1.91 bits per heavy atom. The highest BCUT2D eigenvalue weighted by atomic mass is 14.4. The van der Waals surface area contributed by atoms with Crippen LogP contribution in [0.2, 0.25) is 0 Å². The lowest BCUT2D eigenvalue weighted by molar-refractivity contribution is 0.139. The van der Waals surface area contributed by atoms with Gasteiger partial charge >= 0.3 is 0 Å². The Bertz CT molecular complexity index is 410. The lowest BCUT2D eigenvalue weighted by Gasteiger charge is -2.37. The molecule has 5 atom stereocenters. The molecule has 0 radical (unpaired) electrons. The van der Waals surface area contributed by atoms with Crippen LogP contribution in [0.3, 0.4) is 0 Å². The third-order valence-electron chi connectivity index (χ3n) is 9.27.